The van der Waals surface area contributed by atoms with Gasteiger partial charge in [0.25, 0.3) is 5.56 Å². The van der Waals surface area contributed by atoms with Crippen molar-refractivity contribution in [1.29, 1.82) is 0 Å². The van der Waals surface area contributed by atoms with Gasteiger partial charge in [-0.05, 0) is 53.4 Å². The number of fused-ring (bicyclic) bond motifs is 1. The smallest absolute Gasteiger partial charge is 0.266 e. The van der Waals surface area contributed by atoms with Crippen molar-refractivity contribution in [3.8, 4) is 5.69 Å². The Labute approximate surface area is 212 Å². The van der Waals surface area contributed by atoms with Gasteiger partial charge in [0.05, 0.1) is 22.3 Å². The van der Waals surface area contributed by atoms with E-state index in [1.165, 1.54) is 17.3 Å². The first kappa shape index (κ1) is 24.3. The van der Waals surface area contributed by atoms with E-state index in [9.17, 15) is 9.59 Å². The van der Waals surface area contributed by atoms with E-state index < -0.39 is 0 Å². The molecule has 0 aliphatic rings. The molecule has 0 radical (unpaired) electrons. The van der Waals surface area contributed by atoms with Crippen LogP contribution in [0.2, 0.25) is 10.0 Å². The summed E-state index contributed by atoms with van der Waals surface area (Å²) in [5.74, 6) is 0.285. The van der Waals surface area contributed by atoms with Gasteiger partial charge in [0.1, 0.15) is 0 Å². The molecule has 0 saturated heterocycles. The molecule has 34 heavy (non-hydrogen) atoms. The molecule has 1 heterocycles. The summed E-state index contributed by atoms with van der Waals surface area (Å²) in [4.78, 5) is 30.6. The van der Waals surface area contributed by atoms with Gasteiger partial charge >= 0.3 is 0 Å². The van der Waals surface area contributed by atoms with Crippen LogP contribution < -0.4 is 10.9 Å². The highest BCUT2D eigenvalue weighted by atomic mass is 35.5. The molecule has 0 saturated carbocycles. The molecule has 3 aromatic carbocycles. The first-order valence-electron chi connectivity index (χ1n) is 10.8. The molecule has 0 aliphatic heterocycles. The number of aromatic nitrogens is 2. The zero-order valence-corrected chi connectivity index (χ0v) is 21.0. The van der Waals surface area contributed by atoms with Crippen LogP contribution in [0.15, 0.2) is 76.7 Å². The van der Waals surface area contributed by atoms with E-state index in [4.69, 9.17) is 28.2 Å². The van der Waals surface area contributed by atoms with Crippen LogP contribution in [0.4, 0.5) is 0 Å². The van der Waals surface area contributed by atoms with Crippen LogP contribution in [-0.2, 0) is 11.3 Å². The maximum Gasteiger partial charge on any atom is 0.266 e. The average molecular weight is 512 g/mol. The molecule has 0 fully saturated rings. The number of carbonyl (C=O) groups is 1. The quantitative estimate of drug-likeness (QED) is 0.236. The number of nitrogens with one attached hydrogen (secondary N) is 1. The van der Waals surface area contributed by atoms with Gasteiger partial charge in [-0.3, -0.25) is 14.2 Å². The maximum absolute atomic E-state index is 13.4. The number of nitrogens with zero attached hydrogens (tertiary/aromatic N) is 2. The van der Waals surface area contributed by atoms with Gasteiger partial charge in [0.2, 0.25) is 5.91 Å². The van der Waals surface area contributed by atoms with E-state index in [2.05, 4.69) is 19.2 Å². The Balaban J connectivity index is 1.59. The number of thioether (sulfide) groups is 1. The van der Waals surface area contributed by atoms with Crippen molar-refractivity contribution in [2.24, 2.45) is 0 Å². The van der Waals surface area contributed by atoms with Crippen LogP contribution in [0.25, 0.3) is 16.6 Å². The van der Waals surface area contributed by atoms with Gasteiger partial charge in [0, 0.05) is 16.6 Å². The van der Waals surface area contributed by atoms with Crippen LogP contribution >= 0.6 is 35.0 Å². The van der Waals surface area contributed by atoms with Gasteiger partial charge in [-0.1, -0.05) is 79.1 Å². The highest BCUT2D eigenvalue weighted by Gasteiger charge is 2.15. The fourth-order valence-corrected chi connectivity index (χ4v) is 4.80. The summed E-state index contributed by atoms with van der Waals surface area (Å²) in [6.07, 6.45) is 0. The fourth-order valence-electron chi connectivity index (χ4n) is 3.49. The number of amides is 1. The summed E-state index contributed by atoms with van der Waals surface area (Å²) >= 11 is 13.3. The van der Waals surface area contributed by atoms with Crippen LogP contribution in [-0.4, -0.2) is 21.2 Å². The predicted octanol–water partition coefficient (Wildman–Crippen LogP) is 6.22. The minimum absolute atomic E-state index is 0.0973. The third-order valence-electron chi connectivity index (χ3n) is 5.39. The van der Waals surface area contributed by atoms with Crippen molar-refractivity contribution in [3.63, 3.8) is 0 Å². The lowest BCUT2D eigenvalue weighted by Gasteiger charge is -2.14. The maximum atomic E-state index is 13.4. The number of para-hydroxylation sites is 1. The number of hydrogen-bond acceptors (Lipinski definition) is 4. The Bertz CT molecular complexity index is 1400. The number of carbonyl (C=O) groups excluding carboxylic acids is 1. The Kier molecular flexibility index (Phi) is 7.61. The molecule has 0 unspecified atom stereocenters. The Morgan fingerprint density at radius 2 is 1.79 bits per heavy atom. The number of rotatable bonds is 7. The standard InChI is InChI=1S/C26H23Cl2N3O2S/c1-16(2)17-8-11-20(12-9-17)31-25(33)21-5-3-4-6-23(21)30-26(31)34-15-24(32)29-14-18-7-10-19(27)13-22(18)28/h3-13,16H,14-15H2,1-2H3,(H,29,32). The number of hydrogen-bond donors (Lipinski definition) is 1. The van der Waals surface area contributed by atoms with Crippen molar-refractivity contribution in [1.82, 2.24) is 14.9 Å². The molecule has 8 heteroatoms. The zero-order valence-electron chi connectivity index (χ0n) is 18.7. The third kappa shape index (κ3) is 5.46. The van der Waals surface area contributed by atoms with Gasteiger partial charge in [-0.2, -0.15) is 0 Å². The second-order valence-corrected chi connectivity index (χ2v) is 9.89. The molecule has 5 nitrogen and oxygen atoms in total. The molecule has 174 valence electrons. The molecular weight excluding hydrogens is 489 g/mol. The van der Waals surface area contributed by atoms with Gasteiger partial charge in [0.15, 0.2) is 5.16 Å². The first-order chi connectivity index (χ1) is 16.3. The highest BCUT2D eigenvalue weighted by molar-refractivity contribution is 7.99. The van der Waals surface area contributed by atoms with E-state index in [0.29, 0.717) is 37.7 Å². The molecule has 4 aromatic rings. The summed E-state index contributed by atoms with van der Waals surface area (Å²) < 4.78 is 1.57. The van der Waals surface area contributed by atoms with Crippen molar-refractivity contribution < 1.29 is 4.79 Å². The first-order valence-corrected chi connectivity index (χ1v) is 12.5. The summed E-state index contributed by atoms with van der Waals surface area (Å²) in [6.45, 7) is 4.52. The summed E-state index contributed by atoms with van der Waals surface area (Å²) in [5.41, 5.74) is 3.09. The van der Waals surface area contributed by atoms with Gasteiger partial charge in [-0.15, -0.1) is 0 Å². The molecule has 1 amide bonds. The minimum atomic E-state index is -0.194. The van der Waals surface area contributed by atoms with Crippen molar-refractivity contribution >= 4 is 51.8 Å². The minimum Gasteiger partial charge on any atom is -0.351 e. The predicted molar refractivity (Wildman–Crippen MR) is 140 cm³/mol. The topological polar surface area (TPSA) is 64.0 Å². The monoisotopic (exact) mass is 511 g/mol. The van der Waals surface area contributed by atoms with Crippen LogP contribution in [0.5, 0.6) is 0 Å². The van der Waals surface area contributed by atoms with Crippen LogP contribution in [0, 0.1) is 0 Å². The molecule has 1 aromatic heterocycles. The normalized spacial score (nSPS) is 11.2. The van der Waals surface area contributed by atoms with E-state index in [1.54, 1.807) is 34.9 Å². The van der Waals surface area contributed by atoms with Gasteiger partial charge in [-0.25, -0.2) is 4.98 Å². The second kappa shape index (κ2) is 10.6. The molecule has 0 bridgehead atoms. The highest BCUT2D eigenvalue weighted by Crippen LogP contribution is 2.24. The van der Waals surface area contributed by atoms with E-state index in [1.807, 2.05) is 36.4 Å². The van der Waals surface area contributed by atoms with E-state index >= 15 is 0 Å². The summed E-state index contributed by atoms with van der Waals surface area (Å²) in [6, 6.07) is 20.2. The Morgan fingerprint density at radius 3 is 2.50 bits per heavy atom. The number of halogens is 2. The molecule has 0 aliphatic carbocycles. The van der Waals surface area contributed by atoms with E-state index in [-0.39, 0.29) is 23.8 Å². The van der Waals surface area contributed by atoms with Gasteiger partial charge < -0.3 is 5.32 Å². The lowest BCUT2D eigenvalue weighted by Crippen LogP contribution is -2.26. The average Bonchev–Trinajstić information content (AvgIpc) is 2.82. The molecule has 4 rings (SSSR count). The zero-order chi connectivity index (χ0) is 24.2. The largest absolute Gasteiger partial charge is 0.351 e. The second-order valence-electron chi connectivity index (χ2n) is 8.10. The molecule has 1 N–H and O–H groups in total. The fraction of sp³-hybridized carbons (Fsp3) is 0.192. The molecule has 0 atom stereocenters. The third-order valence-corrected chi connectivity index (χ3v) is 6.91. The lowest BCUT2D eigenvalue weighted by atomic mass is 10.0. The van der Waals surface area contributed by atoms with Crippen molar-refractivity contribution in [2.75, 3.05) is 5.75 Å². The van der Waals surface area contributed by atoms with Crippen molar-refractivity contribution in [2.45, 2.75) is 31.5 Å². The Hall–Kier alpha value is -2.80. The van der Waals surface area contributed by atoms with Crippen LogP contribution in [0.3, 0.4) is 0 Å². The van der Waals surface area contributed by atoms with Crippen LogP contribution in [0.1, 0.15) is 30.9 Å². The SMILES string of the molecule is CC(C)c1ccc(-n2c(SCC(=O)NCc3ccc(Cl)cc3Cl)nc3ccccc3c2=O)cc1. The Morgan fingerprint density at radius 1 is 1.06 bits per heavy atom. The van der Waals surface area contributed by atoms with Crippen molar-refractivity contribution in [3.05, 3.63) is 98.3 Å². The van der Waals surface area contributed by atoms with E-state index in [0.717, 1.165) is 5.56 Å². The molecular formula is C26H23Cl2N3O2S. The summed E-state index contributed by atoms with van der Waals surface area (Å²) in [5, 5.41) is 4.88. The lowest BCUT2D eigenvalue weighted by molar-refractivity contribution is -0.118. The number of benzene rings is 3. The summed E-state index contributed by atoms with van der Waals surface area (Å²) in [7, 11) is 0. The molecule has 0 spiro atoms.